The van der Waals surface area contributed by atoms with Crippen molar-refractivity contribution in [3.63, 3.8) is 0 Å². The summed E-state index contributed by atoms with van der Waals surface area (Å²) < 4.78 is 28.6. The first-order chi connectivity index (χ1) is 12.2. The minimum atomic E-state index is -3.24. The van der Waals surface area contributed by atoms with Gasteiger partial charge in [0.05, 0.1) is 10.9 Å². The number of hydrogen-bond donors (Lipinski definition) is 1. The maximum atomic E-state index is 12.2. The van der Waals surface area contributed by atoms with Crippen LogP contribution in [0.2, 0.25) is 5.02 Å². The van der Waals surface area contributed by atoms with Crippen LogP contribution in [-0.2, 0) is 14.6 Å². The van der Waals surface area contributed by atoms with Crippen molar-refractivity contribution in [3.05, 3.63) is 58.6 Å². The van der Waals surface area contributed by atoms with Crippen LogP contribution in [0.4, 0.5) is 0 Å². The maximum Gasteiger partial charge on any atom is 0.258 e. The van der Waals surface area contributed by atoms with Crippen LogP contribution in [0.3, 0.4) is 0 Å². The monoisotopic (exact) mass is 395 g/mol. The number of carbonyl (C=O) groups is 1. The molecule has 0 aromatic heterocycles. The van der Waals surface area contributed by atoms with E-state index in [9.17, 15) is 13.2 Å². The summed E-state index contributed by atoms with van der Waals surface area (Å²) in [6.07, 6.45) is 1.83. The van der Waals surface area contributed by atoms with Crippen molar-refractivity contribution >= 4 is 27.3 Å². The van der Waals surface area contributed by atoms with Gasteiger partial charge in [-0.2, -0.15) is 0 Å². The highest BCUT2D eigenvalue weighted by Crippen LogP contribution is 2.22. The lowest BCUT2D eigenvalue weighted by molar-refractivity contribution is -0.123. The van der Waals surface area contributed by atoms with Gasteiger partial charge in [0.25, 0.3) is 5.91 Å². The van der Waals surface area contributed by atoms with Crippen LogP contribution in [0, 0.1) is 6.92 Å². The number of benzene rings is 2. The third kappa shape index (κ3) is 5.47. The molecule has 2 rings (SSSR count). The predicted molar refractivity (Wildman–Crippen MR) is 102 cm³/mol. The molecule has 0 bridgehead atoms. The fraction of sp³-hybridized carbons (Fsp3) is 0.316. The Balaban J connectivity index is 1.98. The molecular formula is C19H22ClNO4S. The topological polar surface area (TPSA) is 72.5 Å². The second-order valence-electron chi connectivity index (χ2n) is 6.07. The quantitative estimate of drug-likeness (QED) is 0.775. The minimum Gasteiger partial charge on any atom is -0.484 e. The lowest BCUT2D eigenvalue weighted by atomic mass is 10.0. The number of carbonyl (C=O) groups excluding carboxylic acids is 1. The lowest BCUT2D eigenvalue weighted by Gasteiger charge is -2.18. The second kappa shape index (κ2) is 8.56. The molecule has 1 amide bonds. The van der Waals surface area contributed by atoms with Gasteiger partial charge in [-0.1, -0.05) is 30.7 Å². The molecule has 5 nitrogen and oxygen atoms in total. The summed E-state index contributed by atoms with van der Waals surface area (Å²) in [6, 6.07) is 11.5. The molecule has 0 radical (unpaired) electrons. The Labute approximate surface area is 159 Å². The van der Waals surface area contributed by atoms with Gasteiger partial charge in [0.15, 0.2) is 16.4 Å². The zero-order valence-electron chi connectivity index (χ0n) is 15.0. The summed E-state index contributed by atoms with van der Waals surface area (Å²) in [5.74, 6) is 0.323. The van der Waals surface area contributed by atoms with Gasteiger partial charge in [0, 0.05) is 11.3 Å². The molecule has 2 aromatic carbocycles. The molecule has 0 fully saturated rings. The van der Waals surface area contributed by atoms with Crippen LogP contribution >= 0.6 is 11.6 Å². The van der Waals surface area contributed by atoms with Crippen LogP contribution in [0.5, 0.6) is 5.75 Å². The summed E-state index contributed by atoms with van der Waals surface area (Å²) in [5.41, 5.74) is 1.72. The van der Waals surface area contributed by atoms with Crippen molar-refractivity contribution in [2.24, 2.45) is 0 Å². The van der Waals surface area contributed by atoms with Gasteiger partial charge in [-0.3, -0.25) is 4.79 Å². The van der Waals surface area contributed by atoms with E-state index in [4.69, 9.17) is 16.3 Å². The number of hydrogen-bond acceptors (Lipinski definition) is 4. The van der Waals surface area contributed by atoms with Gasteiger partial charge in [-0.15, -0.1) is 0 Å². The molecule has 140 valence electrons. The fourth-order valence-corrected chi connectivity index (χ4v) is 3.21. The first-order valence-electron chi connectivity index (χ1n) is 8.19. The number of nitrogens with one attached hydrogen (secondary N) is 1. The van der Waals surface area contributed by atoms with Crippen molar-refractivity contribution in [3.8, 4) is 5.75 Å². The van der Waals surface area contributed by atoms with Crippen LogP contribution in [-0.4, -0.2) is 27.2 Å². The van der Waals surface area contributed by atoms with E-state index in [0.29, 0.717) is 17.2 Å². The highest BCUT2D eigenvalue weighted by Gasteiger charge is 2.15. The Kier molecular flexibility index (Phi) is 6.67. The number of halogens is 1. The van der Waals surface area contributed by atoms with Crippen molar-refractivity contribution in [2.75, 3.05) is 12.9 Å². The molecule has 0 heterocycles. The molecule has 26 heavy (non-hydrogen) atoms. The van der Waals surface area contributed by atoms with Crippen molar-refractivity contribution in [1.82, 2.24) is 5.32 Å². The summed E-state index contributed by atoms with van der Waals surface area (Å²) in [4.78, 5) is 12.4. The predicted octanol–water partition coefficient (Wildman–Crippen LogP) is 3.70. The van der Waals surface area contributed by atoms with E-state index >= 15 is 0 Å². The second-order valence-corrected chi connectivity index (χ2v) is 8.49. The number of sulfone groups is 1. The van der Waals surface area contributed by atoms with Gasteiger partial charge < -0.3 is 10.1 Å². The molecule has 1 atom stereocenters. The Hall–Kier alpha value is -2.05. The molecular weight excluding hydrogens is 374 g/mol. The molecule has 2 aromatic rings. The Morgan fingerprint density at radius 2 is 1.85 bits per heavy atom. The SMILES string of the molecule is CC[C@@H](NC(=O)COc1ccc(Cl)c(C)c1)c1ccc(S(C)(=O)=O)cc1. The number of amides is 1. The zero-order chi connectivity index (χ0) is 19.3. The Morgan fingerprint density at radius 1 is 1.19 bits per heavy atom. The largest absolute Gasteiger partial charge is 0.484 e. The minimum absolute atomic E-state index is 0.112. The van der Waals surface area contributed by atoms with Crippen molar-refractivity contribution in [1.29, 1.82) is 0 Å². The van der Waals surface area contributed by atoms with E-state index in [1.807, 2.05) is 13.8 Å². The summed E-state index contributed by atoms with van der Waals surface area (Å²) in [7, 11) is -3.24. The molecule has 0 saturated carbocycles. The van der Waals surface area contributed by atoms with Crippen LogP contribution < -0.4 is 10.1 Å². The van der Waals surface area contributed by atoms with E-state index in [1.165, 1.54) is 0 Å². The number of rotatable bonds is 7. The van der Waals surface area contributed by atoms with Gasteiger partial charge in [-0.25, -0.2) is 8.42 Å². The molecule has 0 aliphatic carbocycles. The third-order valence-corrected chi connectivity index (χ3v) is 5.51. The third-order valence-electron chi connectivity index (χ3n) is 3.95. The van der Waals surface area contributed by atoms with Gasteiger partial charge >= 0.3 is 0 Å². The van der Waals surface area contributed by atoms with E-state index in [1.54, 1.807) is 42.5 Å². The van der Waals surface area contributed by atoms with E-state index < -0.39 is 9.84 Å². The van der Waals surface area contributed by atoms with Crippen LogP contribution in [0.15, 0.2) is 47.4 Å². The van der Waals surface area contributed by atoms with Gasteiger partial charge in [-0.05, 0) is 54.8 Å². The summed E-state index contributed by atoms with van der Waals surface area (Å²) >= 11 is 5.97. The Morgan fingerprint density at radius 3 is 2.38 bits per heavy atom. The van der Waals surface area contributed by atoms with E-state index in [-0.39, 0.29) is 23.5 Å². The molecule has 0 spiro atoms. The van der Waals surface area contributed by atoms with E-state index in [0.717, 1.165) is 17.4 Å². The molecule has 0 saturated heterocycles. The Bertz CT molecular complexity index is 879. The number of ether oxygens (including phenoxy) is 1. The van der Waals surface area contributed by atoms with Crippen molar-refractivity contribution < 1.29 is 17.9 Å². The van der Waals surface area contributed by atoms with Crippen LogP contribution in [0.1, 0.15) is 30.5 Å². The molecule has 0 aliphatic heterocycles. The summed E-state index contributed by atoms with van der Waals surface area (Å²) in [5, 5.41) is 3.54. The first-order valence-corrected chi connectivity index (χ1v) is 10.5. The molecule has 0 unspecified atom stereocenters. The first kappa shape index (κ1) is 20.3. The molecule has 0 aliphatic rings. The summed E-state index contributed by atoms with van der Waals surface area (Å²) in [6.45, 7) is 3.69. The lowest BCUT2D eigenvalue weighted by Crippen LogP contribution is -2.32. The smallest absolute Gasteiger partial charge is 0.258 e. The highest BCUT2D eigenvalue weighted by molar-refractivity contribution is 7.90. The van der Waals surface area contributed by atoms with Gasteiger partial charge in [0.1, 0.15) is 5.75 Å². The van der Waals surface area contributed by atoms with E-state index in [2.05, 4.69) is 5.32 Å². The average Bonchev–Trinajstić information content (AvgIpc) is 2.60. The van der Waals surface area contributed by atoms with Crippen LogP contribution in [0.25, 0.3) is 0 Å². The highest BCUT2D eigenvalue weighted by atomic mass is 35.5. The number of aryl methyl sites for hydroxylation is 1. The zero-order valence-corrected chi connectivity index (χ0v) is 16.5. The van der Waals surface area contributed by atoms with Crippen molar-refractivity contribution in [2.45, 2.75) is 31.2 Å². The van der Waals surface area contributed by atoms with Gasteiger partial charge in [0.2, 0.25) is 0 Å². The maximum absolute atomic E-state index is 12.2. The molecule has 7 heteroatoms. The normalized spacial score (nSPS) is 12.5. The standard InChI is InChI=1S/C19H22ClNO4S/c1-4-18(14-5-8-16(9-6-14)26(3,23)24)21-19(22)12-25-15-7-10-17(20)13(2)11-15/h5-11,18H,4,12H2,1-3H3,(H,21,22)/t18-/m1/s1. The molecule has 1 N–H and O–H groups in total. The average molecular weight is 396 g/mol. The fourth-order valence-electron chi connectivity index (χ4n) is 2.46.